The Labute approximate surface area is 188 Å². The van der Waals surface area contributed by atoms with Crippen LogP contribution in [0.1, 0.15) is 44.7 Å². The van der Waals surface area contributed by atoms with Crippen LogP contribution in [0.4, 0.5) is 4.39 Å². The summed E-state index contributed by atoms with van der Waals surface area (Å²) in [5, 5.41) is 2.94. The van der Waals surface area contributed by atoms with Gasteiger partial charge < -0.3 is 19.7 Å². The molecule has 2 aromatic carbocycles. The second kappa shape index (κ2) is 11.0. The molecule has 1 heterocycles. The number of ether oxygens (including phenoxy) is 2. The zero-order valence-electron chi connectivity index (χ0n) is 18.9. The lowest BCUT2D eigenvalue weighted by Crippen LogP contribution is -2.49. The molecule has 0 saturated carbocycles. The summed E-state index contributed by atoms with van der Waals surface area (Å²) in [6.07, 6.45) is 1.25. The fraction of sp³-hybridized carbons (Fsp3) is 0.440. The maximum absolute atomic E-state index is 13.4. The van der Waals surface area contributed by atoms with Gasteiger partial charge in [-0.1, -0.05) is 39.0 Å². The van der Waals surface area contributed by atoms with E-state index in [9.17, 15) is 14.0 Å². The van der Waals surface area contributed by atoms with E-state index in [1.54, 1.807) is 17.0 Å². The molecule has 0 spiro atoms. The molecule has 1 aliphatic rings. The van der Waals surface area contributed by atoms with Crippen LogP contribution in [0.25, 0.3) is 0 Å². The Morgan fingerprint density at radius 2 is 1.75 bits per heavy atom. The molecule has 172 valence electrons. The van der Waals surface area contributed by atoms with E-state index in [0.29, 0.717) is 36.8 Å². The number of halogens is 1. The third-order valence-corrected chi connectivity index (χ3v) is 5.40. The van der Waals surface area contributed by atoms with Crippen molar-refractivity contribution in [3.8, 4) is 11.5 Å². The molecule has 0 bridgehead atoms. The molecule has 32 heavy (non-hydrogen) atoms. The predicted molar refractivity (Wildman–Crippen MR) is 120 cm³/mol. The number of amides is 2. The molecule has 7 heteroatoms. The van der Waals surface area contributed by atoms with Crippen molar-refractivity contribution in [2.24, 2.45) is 5.92 Å². The molecule has 1 atom stereocenters. The fourth-order valence-electron chi connectivity index (χ4n) is 3.62. The summed E-state index contributed by atoms with van der Waals surface area (Å²) >= 11 is 0. The van der Waals surface area contributed by atoms with E-state index in [-0.39, 0.29) is 37.4 Å². The molecule has 2 amide bonds. The number of nitrogens with zero attached hydrogens (tertiary/aromatic N) is 1. The monoisotopic (exact) mass is 442 g/mol. The summed E-state index contributed by atoms with van der Waals surface area (Å²) in [7, 11) is 0. The van der Waals surface area contributed by atoms with E-state index >= 15 is 0 Å². The van der Waals surface area contributed by atoms with Crippen molar-refractivity contribution in [1.82, 2.24) is 10.2 Å². The standard InChI is InChI=1S/C25H31FN2O4/c1-4-21(25(30)27-14-17(2)3)28(15-19-5-9-20(26)10-6-19)24(29)12-8-18-7-11-22-23(13-18)32-16-31-22/h5-7,9-11,13,17,21H,4,8,12,14-16H2,1-3H3,(H,27,30). The Morgan fingerprint density at radius 3 is 2.44 bits per heavy atom. The van der Waals surface area contributed by atoms with E-state index in [2.05, 4.69) is 5.32 Å². The molecular weight excluding hydrogens is 411 g/mol. The smallest absolute Gasteiger partial charge is 0.242 e. The summed E-state index contributed by atoms with van der Waals surface area (Å²) in [6.45, 7) is 6.93. The fourth-order valence-corrected chi connectivity index (χ4v) is 3.62. The first-order valence-electron chi connectivity index (χ1n) is 11.1. The van der Waals surface area contributed by atoms with Crippen molar-refractivity contribution in [2.75, 3.05) is 13.3 Å². The number of hydrogen-bond acceptors (Lipinski definition) is 4. The van der Waals surface area contributed by atoms with Crippen LogP contribution < -0.4 is 14.8 Å². The summed E-state index contributed by atoms with van der Waals surface area (Å²) in [4.78, 5) is 27.8. The van der Waals surface area contributed by atoms with Gasteiger partial charge in [0, 0.05) is 19.5 Å². The molecule has 1 unspecified atom stereocenters. The Balaban J connectivity index is 1.74. The largest absolute Gasteiger partial charge is 0.454 e. The van der Waals surface area contributed by atoms with Crippen molar-refractivity contribution < 1.29 is 23.5 Å². The van der Waals surface area contributed by atoms with Crippen molar-refractivity contribution >= 4 is 11.8 Å². The normalized spacial score (nSPS) is 13.2. The van der Waals surface area contributed by atoms with Gasteiger partial charge in [0.25, 0.3) is 0 Å². The van der Waals surface area contributed by atoms with Crippen LogP contribution in [0.15, 0.2) is 42.5 Å². The number of fused-ring (bicyclic) bond motifs is 1. The Hall–Kier alpha value is -3.09. The van der Waals surface area contributed by atoms with Gasteiger partial charge in [0.15, 0.2) is 11.5 Å². The highest BCUT2D eigenvalue weighted by Gasteiger charge is 2.28. The van der Waals surface area contributed by atoms with Crippen molar-refractivity contribution in [3.05, 3.63) is 59.4 Å². The van der Waals surface area contributed by atoms with Gasteiger partial charge in [-0.2, -0.15) is 0 Å². The molecule has 1 N–H and O–H groups in total. The van der Waals surface area contributed by atoms with Crippen LogP contribution in [0.2, 0.25) is 0 Å². The highest BCUT2D eigenvalue weighted by Crippen LogP contribution is 2.32. The van der Waals surface area contributed by atoms with Crippen molar-refractivity contribution in [2.45, 2.75) is 52.6 Å². The average molecular weight is 443 g/mol. The van der Waals surface area contributed by atoms with E-state index in [4.69, 9.17) is 9.47 Å². The third kappa shape index (κ3) is 6.22. The van der Waals surface area contributed by atoms with E-state index in [1.807, 2.05) is 39.0 Å². The number of aryl methyl sites for hydroxylation is 1. The molecular formula is C25H31FN2O4. The molecule has 3 rings (SSSR count). The van der Waals surface area contributed by atoms with Gasteiger partial charge in [0.1, 0.15) is 11.9 Å². The van der Waals surface area contributed by atoms with E-state index in [1.165, 1.54) is 12.1 Å². The maximum atomic E-state index is 13.4. The summed E-state index contributed by atoms with van der Waals surface area (Å²) in [5.41, 5.74) is 1.74. The minimum Gasteiger partial charge on any atom is -0.454 e. The van der Waals surface area contributed by atoms with Crippen molar-refractivity contribution in [3.63, 3.8) is 0 Å². The quantitative estimate of drug-likeness (QED) is 0.602. The van der Waals surface area contributed by atoms with Gasteiger partial charge in [-0.05, 0) is 54.2 Å². The van der Waals surface area contributed by atoms with Crippen LogP contribution in [-0.2, 0) is 22.6 Å². The zero-order chi connectivity index (χ0) is 23.1. The topological polar surface area (TPSA) is 67.9 Å². The number of hydrogen-bond donors (Lipinski definition) is 1. The lowest BCUT2D eigenvalue weighted by molar-refractivity contribution is -0.141. The summed E-state index contributed by atoms with van der Waals surface area (Å²) in [6, 6.07) is 11.1. The summed E-state index contributed by atoms with van der Waals surface area (Å²) < 4.78 is 24.1. The Kier molecular flexibility index (Phi) is 8.09. The summed E-state index contributed by atoms with van der Waals surface area (Å²) in [5.74, 6) is 1.06. The Bertz CT molecular complexity index is 930. The molecule has 0 aromatic heterocycles. The minimum atomic E-state index is -0.594. The number of carbonyl (C=O) groups is 2. The average Bonchev–Trinajstić information content (AvgIpc) is 3.25. The van der Waals surface area contributed by atoms with Crippen LogP contribution in [-0.4, -0.2) is 36.1 Å². The highest BCUT2D eigenvalue weighted by molar-refractivity contribution is 5.87. The maximum Gasteiger partial charge on any atom is 0.242 e. The van der Waals surface area contributed by atoms with Gasteiger partial charge in [-0.3, -0.25) is 9.59 Å². The second-order valence-corrected chi connectivity index (χ2v) is 8.40. The lowest BCUT2D eigenvalue weighted by atomic mass is 10.1. The van der Waals surface area contributed by atoms with Gasteiger partial charge in [0.05, 0.1) is 0 Å². The minimum absolute atomic E-state index is 0.126. The molecule has 0 fully saturated rings. The molecule has 0 aliphatic carbocycles. The lowest BCUT2D eigenvalue weighted by Gasteiger charge is -2.31. The molecule has 2 aromatic rings. The molecule has 0 radical (unpaired) electrons. The van der Waals surface area contributed by atoms with E-state index in [0.717, 1.165) is 11.1 Å². The number of benzene rings is 2. The Morgan fingerprint density at radius 1 is 1.06 bits per heavy atom. The third-order valence-electron chi connectivity index (χ3n) is 5.40. The first-order valence-corrected chi connectivity index (χ1v) is 11.1. The van der Waals surface area contributed by atoms with Gasteiger partial charge in [-0.25, -0.2) is 4.39 Å². The zero-order valence-corrected chi connectivity index (χ0v) is 18.9. The SMILES string of the molecule is CCC(C(=O)NCC(C)C)N(Cc1ccc(F)cc1)C(=O)CCc1ccc2c(c1)OCO2. The van der Waals surface area contributed by atoms with E-state index < -0.39 is 6.04 Å². The molecule has 6 nitrogen and oxygen atoms in total. The van der Waals surface area contributed by atoms with Gasteiger partial charge >= 0.3 is 0 Å². The first-order chi connectivity index (χ1) is 15.4. The second-order valence-electron chi connectivity index (χ2n) is 8.40. The first kappa shape index (κ1) is 23.6. The van der Waals surface area contributed by atoms with Crippen LogP contribution in [0, 0.1) is 11.7 Å². The van der Waals surface area contributed by atoms with Gasteiger partial charge in [-0.15, -0.1) is 0 Å². The highest BCUT2D eigenvalue weighted by atomic mass is 19.1. The number of rotatable bonds is 10. The van der Waals surface area contributed by atoms with Crippen LogP contribution in [0.3, 0.4) is 0 Å². The van der Waals surface area contributed by atoms with Crippen molar-refractivity contribution in [1.29, 1.82) is 0 Å². The van der Waals surface area contributed by atoms with Crippen LogP contribution in [0.5, 0.6) is 11.5 Å². The van der Waals surface area contributed by atoms with Gasteiger partial charge in [0.2, 0.25) is 18.6 Å². The molecule has 0 saturated heterocycles. The van der Waals surface area contributed by atoms with Crippen LogP contribution >= 0.6 is 0 Å². The number of nitrogens with one attached hydrogen (secondary N) is 1. The molecule has 1 aliphatic heterocycles. The number of carbonyl (C=O) groups excluding carboxylic acids is 2. The predicted octanol–water partition coefficient (Wildman–Crippen LogP) is 4.07.